The SMILES string of the molecule is CCc1nn(C)c(C(=O)NCc2ccnn2C)c1N. The Morgan fingerprint density at radius 1 is 1.42 bits per heavy atom. The monoisotopic (exact) mass is 262 g/mol. The van der Waals surface area contributed by atoms with Crippen molar-refractivity contribution in [2.24, 2.45) is 14.1 Å². The first-order valence-corrected chi connectivity index (χ1v) is 6.11. The molecule has 2 heterocycles. The minimum absolute atomic E-state index is 0.228. The van der Waals surface area contributed by atoms with Crippen LogP contribution in [-0.4, -0.2) is 25.5 Å². The van der Waals surface area contributed by atoms with E-state index in [1.54, 1.807) is 17.9 Å². The maximum absolute atomic E-state index is 12.1. The molecule has 0 aliphatic carbocycles. The molecule has 0 saturated carbocycles. The summed E-state index contributed by atoms with van der Waals surface area (Å²) in [5.74, 6) is -0.228. The fourth-order valence-corrected chi connectivity index (χ4v) is 1.96. The molecule has 0 aliphatic rings. The number of anilines is 1. The van der Waals surface area contributed by atoms with Crippen molar-refractivity contribution in [3.63, 3.8) is 0 Å². The molecule has 0 bridgehead atoms. The summed E-state index contributed by atoms with van der Waals surface area (Å²) in [6.45, 7) is 2.36. The molecule has 2 rings (SSSR count). The Bertz CT molecular complexity index is 597. The van der Waals surface area contributed by atoms with E-state index in [4.69, 9.17) is 5.73 Å². The lowest BCUT2D eigenvalue weighted by atomic mass is 10.2. The molecule has 1 amide bonds. The fraction of sp³-hybridized carbons (Fsp3) is 0.417. The highest BCUT2D eigenvalue weighted by molar-refractivity contribution is 5.97. The molecule has 19 heavy (non-hydrogen) atoms. The average Bonchev–Trinajstić information content (AvgIpc) is 2.90. The van der Waals surface area contributed by atoms with Crippen LogP contribution in [0.25, 0.3) is 0 Å². The van der Waals surface area contributed by atoms with Gasteiger partial charge in [0.05, 0.1) is 23.6 Å². The van der Waals surface area contributed by atoms with Crippen LogP contribution in [0, 0.1) is 0 Å². The minimum atomic E-state index is -0.228. The van der Waals surface area contributed by atoms with E-state index in [-0.39, 0.29) is 5.91 Å². The number of hydrogen-bond acceptors (Lipinski definition) is 4. The van der Waals surface area contributed by atoms with Gasteiger partial charge in [0.2, 0.25) is 0 Å². The fourth-order valence-electron chi connectivity index (χ4n) is 1.96. The predicted molar refractivity (Wildman–Crippen MR) is 71.4 cm³/mol. The van der Waals surface area contributed by atoms with E-state index >= 15 is 0 Å². The third-order valence-corrected chi connectivity index (χ3v) is 3.06. The van der Waals surface area contributed by atoms with Crippen molar-refractivity contribution >= 4 is 11.6 Å². The third kappa shape index (κ3) is 2.44. The molecule has 0 unspecified atom stereocenters. The lowest BCUT2D eigenvalue weighted by Crippen LogP contribution is -2.27. The Hall–Kier alpha value is -2.31. The molecule has 0 atom stereocenters. The van der Waals surface area contributed by atoms with Crippen LogP contribution < -0.4 is 11.1 Å². The second-order valence-electron chi connectivity index (χ2n) is 4.31. The third-order valence-electron chi connectivity index (χ3n) is 3.06. The lowest BCUT2D eigenvalue weighted by molar-refractivity contribution is 0.0941. The standard InChI is InChI=1S/C12H18N6O/c1-4-9-10(13)11(18(3)16-9)12(19)14-7-8-5-6-15-17(8)2/h5-6H,4,7,13H2,1-3H3,(H,14,19). The second kappa shape index (κ2) is 5.13. The molecular weight excluding hydrogens is 244 g/mol. The normalized spacial score (nSPS) is 10.7. The molecule has 0 aliphatic heterocycles. The summed E-state index contributed by atoms with van der Waals surface area (Å²) in [6, 6.07) is 1.85. The van der Waals surface area contributed by atoms with E-state index in [0.717, 1.165) is 11.4 Å². The zero-order valence-electron chi connectivity index (χ0n) is 11.3. The van der Waals surface area contributed by atoms with Crippen molar-refractivity contribution in [3.8, 4) is 0 Å². The number of amides is 1. The van der Waals surface area contributed by atoms with Gasteiger partial charge in [0.1, 0.15) is 5.69 Å². The van der Waals surface area contributed by atoms with Gasteiger partial charge < -0.3 is 11.1 Å². The maximum atomic E-state index is 12.1. The number of rotatable bonds is 4. The number of nitrogen functional groups attached to an aromatic ring is 1. The zero-order valence-corrected chi connectivity index (χ0v) is 11.3. The quantitative estimate of drug-likeness (QED) is 0.825. The van der Waals surface area contributed by atoms with E-state index in [0.29, 0.717) is 24.3 Å². The first-order chi connectivity index (χ1) is 9.04. The zero-order chi connectivity index (χ0) is 14.0. The van der Waals surface area contributed by atoms with Gasteiger partial charge in [-0.3, -0.25) is 14.2 Å². The van der Waals surface area contributed by atoms with E-state index in [9.17, 15) is 4.79 Å². The maximum Gasteiger partial charge on any atom is 0.272 e. The molecule has 0 fully saturated rings. The second-order valence-corrected chi connectivity index (χ2v) is 4.31. The summed E-state index contributed by atoms with van der Waals surface area (Å²) in [5.41, 5.74) is 8.45. The van der Waals surface area contributed by atoms with Crippen LogP contribution >= 0.6 is 0 Å². The smallest absolute Gasteiger partial charge is 0.272 e. The molecule has 0 spiro atoms. The molecule has 7 heteroatoms. The van der Waals surface area contributed by atoms with Gasteiger partial charge in [-0.25, -0.2) is 0 Å². The molecule has 0 aromatic carbocycles. The highest BCUT2D eigenvalue weighted by Crippen LogP contribution is 2.16. The van der Waals surface area contributed by atoms with Gasteiger partial charge in [0.15, 0.2) is 0 Å². The number of hydrogen-bond donors (Lipinski definition) is 2. The molecule has 2 aromatic heterocycles. The van der Waals surface area contributed by atoms with Crippen LogP contribution in [0.15, 0.2) is 12.3 Å². The topological polar surface area (TPSA) is 90.8 Å². The van der Waals surface area contributed by atoms with E-state index in [1.165, 1.54) is 4.68 Å². The Labute approximate surface area is 111 Å². The summed E-state index contributed by atoms with van der Waals surface area (Å²) >= 11 is 0. The summed E-state index contributed by atoms with van der Waals surface area (Å²) in [7, 11) is 3.55. The lowest BCUT2D eigenvalue weighted by Gasteiger charge is -2.06. The van der Waals surface area contributed by atoms with Crippen LogP contribution in [0.1, 0.15) is 28.8 Å². The Morgan fingerprint density at radius 2 is 2.16 bits per heavy atom. The summed E-state index contributed by atoms with van der Waals surface area (Å²) in [6.07, 6.45) is 2.39. The van der Waals surface area contributed by atoms with Gasteiger partial charge in [-0.1, -0.05) is 6.92 Å². The summed E-state index contributed by atoms with van der Waals surface area (Å²) in [5, 5.41) is 11.1. The first-order valence-electron chi connectivity index (χ1n) is 6.11. The number of carbonyl (C=O) groups is 1. The minimum Gasteiger partial charge on any atom is -0.395 e. The van der Waals surface area contributed by atoms with Gasteiger partial charge in [0.25, 0.3) is 5.91 Å². The van der Waals surface area contributed by atoms with Gasteiger partial charge in [-0.2, -0.15) is 10.2 Å². The summed E-state index contributed by atoms with van der Waals surface area (Å²) < 4.78 is 3.23. The van der Waals surface area contributed by atoms with Crippen molar-refractivity contribution in [2.45, 2.75) is 19.9 Å². The van der Waals surface area contributed by atoms with Crippen molar-refractivity contribution in [2.75, 3.05) is 5.73 Å². The molecule has 3 N–H and O–H groups in total. The van der Waals surface area contributed by atoms with Gasteiger partial charge in [-0.15, -0.1) is 0 Å². The number of nitrogens with zero attached hydrogens (tertiary/aromatic N) is 4. The van der Waals surface area contributed by atoms with Crippen molar-refractivity contribution in [3.05, 3.63) is 29.3 Å². The van der Waals surface area contributed by atoms with Gasteiger partial charge in [0, 0.05) is 20.3 Å². The summed E-state index contributed by atoms with van der Waals surface area (Å²) in [4.78, 5) is 12.1. The number of aromatic nitrogens is 4. The molecule has 2 aromatic rings. The largest absolute Gasteiger partial charge is 0.395 e. The predicted octanol–water partition coefficient (Wildman–Crippen LogP) is 0.228. The number of nitrogens with one attached hydrogen (secondary N) is 1. The number of aryl methyl sites for hydroxylation is 3. The van der Waals surface area contributed by atoms with E-state index in [2.05, 4.69) is 15.5 Å². The highest BCUT2D eigenvalue weighted by Gasteiger charge is 2.18. The van der Waals surface area contributed by atoms with Crippen LogP contribution in [0.3, 0.4) is 0 Å². The van der Waals surface area contributed by atoms with Crippen LogP contribution in [0.5, 0.6) is 0 Å². The van der Waals surface area contributed by atoms with E-state index < -0.39 is 0 Å². The molecule has 0 saturated heterocycles. The molecule has 0 radical (unpaired) electrons. The number of carbonyl (C=O) groups excluding carboxylic acids is 1. The molecular formula is C12H18N6O. The van der Waals surface area contributed by atoms with Crippen molar-refractivity contribution in [1.82, 2.24) is 24.9 Å². The molecule has 102 valence electrons. The van der Waals surface area contributed by atoms with Gasteiger partial charge in [-0.05, 0) is 12.5 Å². The molecule has 7 nitrogen and oxygen atoms in total. The van der Waals surface area contributed by atoms with Crippen LogP contribution in [0.2, 0.25) is 0 Å². The Morgan fingerprint density at radius 3 is 2.68 bits per heavy atom. The van der Waals surface area contributed by atoms with Crippen LogP contribution in [-0.2, 0) is 27.1 Å². The number of nitrogens with two attached hydrogens (primary N) is 1. The van der Waals surface area contributed by atoms with Gasteiger partial charge >= 0.3 is 0 Å². The highest BCUT2D eigenvalue weighted by atomic mass is 16.2. The van der Waals surface area contributed by atoms with Crippen LogP contribution in [0.4, 0.5) is 5.69 Å². The van der Waals surface area contributed by atoms with Crippen molar-refractivity contribution < 1.29 is 4.79 Å². The Balaban J connectivity index is 2.12. The van der Waals surface area contributed by atoms with E-state index in [1.807, 2.05) is 20.0 Å². The average molecular weight is 262 g/mol. The first kappa shape index (κ1) is 13.1. The Kier molecular flexibility index (Phi) is 3.55. The van der Waals surface area contributed by atoms with Crippen molar-refractivity contribution in [1.29, 1.82) is 0 Å².